The highest BCUT2D eigenvalue weighted by Gasteiger charge is 2.47. The molecule has 0 saturated heterocycles. The average molecular weight is 301 g/mol. The van der Waals surface area contributed by atoms with Crippen molar-refractivity contribution in [2.45, 2.75) is 32.1 Å². The van der Waals surface area contributed by atoms with Crippen molar-refractivity contribution < 1.29 is 19.1 Å². The van der Waals surface area contributed by atoms with E-state index in [-0.39, 0.29) is 12.3 Å². The van der Waals surface area contributed by atoms with Gasteiger partial charge in [-0.1, -0.05) is 31.5 Å². The van der Waals surface area contributed by atoms with Gasteiger partial charge in [0.05, 0.1) is 17.7 Å². The quantitative estimate of drug-likeness (QED) is 0.362. The lowest BCUT2D eigenvalue weighted by Crippen LogP contribution is -2.41. The van der Waals surface area contributed by atoms with Crippen LogP contribution in [0.5, 0.6) is 0 Å². The standard InChI is InChI=1S/C16H19N3O3/c1-3-4-9-22-15(21)19-11-16(2,14(20)10-18-17)12-7-5-6-8-13(12)19/h5-8,10H,3-4,9,11H2,1-2H3. The molecule has 0 aliphatic carbocycles. The largest absolute Gasteiger partial charge is 0.449 e. The van der Waals surface area contributed by atoms with Crippen molar-refractivity contribution in [3.63, 3.8) is 0 Å². The number of Topliss-reactive ketones (excluding diaryl/α,β-unsaturated/α-hetero) is 1. The summed E-state index contributed by atoms with van der Waals surface area (Å²) in [4.78, 5) is 28.8. The first-order chi connectivity index (χ1) is 10.5. The van der Waals surface area contributed by atoms with Gasteiger partial charge in [0.25, 0.3) is 0 Å². The Balaban J connectivity index is 2.31. The molecule has 0 aromatic heterocycles. The number of benzene rings is 1. The van der Waals surface area contributed by atoms with Crippen LogP contribution in [-0.4, -0.2) is 36.0 Å². The highest BCUT2D eigenvalue weighted by Crippen LogP contribution is 2.41. The van der Waals surface area contributed by atoms with E-state index in [1.165, 1.54) is 4.90 Å². The number of para-hydroxylation sites is 1. The number of hydrogen-bond donors (Lipinski definition) is 0. The molecule has 0 spiro atoms. The van der Waals surface area contributed by atoms with E-state index in [4.69, 9.17) is 10.3 Å². The molecule has 0 radical (unpaired) electrons. The number of hydrogen-bond acceptors (Lipinski definition) is 3. The number of amides is 1. The zero-order chi connectivity index (χ0) is 16.2. The second kappa shape index (κ2) is 6.54. The summed E-state index contributed by atoms with van der Waals surface area (Å²) in [6.07, 6.45) is 2.16. The zero-order valence-electron chi connectivity index (χ0n) is 12.8. The predicted octanol–water partition coefficient (Wildman–Crippen LogP) is 2.57. The van der Waals surface area contributed by atoms with Gasteiger partial charge >= 0.3 is 12.3 Å². The molecular weight excluding hydrogens is 282 g/mol. The van der Waals surface area contributed by atoms with Crippen LogP contribution in [0.1, 0.15) is 32.3 Å². The van der Waals surface area contributed by atoms with Crippen LogP contribution >= 0.6 is 0 Å². The molecule has 116 valence electrons. The summed E-state index contributed by atoms with van der Waals surface area (Å²) in [6.45, 7) is 4.27. The Morgan fingerprint density at radius 1 is 1.45 bits per heavy atom. The molecule has 22 heavy (non-hydrogen) atoms. The van der Waals surface area contributed by atoms with Gasteiger partial charge in [0.1, 0.15) is 0 Å². The maximum Gasteiger partial charge on any atom is 0.414 e. The van der Waals surface area contributed by atoms with Crippen LogP contribution in [0.25, 0.3) is 5.53 Å². The third-order valence-electron chi connectivity index (χ3n) is 3.93. The van der Waals surface area contributed by atoms with Gasteiger partial charge in [0.2, 0.25) is 5.78 Å². The van der Waals surface area contributed by atoms with E-state index in [0.717, 1.165) is 24.6 Å². The first-order valence-electron chi connectivity index (χ1n) is 7.30. The highest BCUT2D eigenvalue weighted by molar-refractivity contribution is 6.30. The van der Waals surface area contributed by atoms with Crippen molar-refractivity contribution in [2.75, 3.05) is 18.1 Å². The number of rotatable bonds is 5. The van der Waals surface area contributed by atoms with Gasteiger partial charge in [-0.25, -0.2) is 4.79 Å². The molecule has 1 amide bonds. The second-order valence-electron chi connectivity index (χ2n) is 5.51. The minimum Gasteiger partial charge on any atom is -0.449 e. The maximum absolute atomic E-state index is 12.3. The molecule has 1 atom stereocenters. The third kappa shape index (κ3) is 2.78. The fraction of sp³-hybridized carbons (Fsp3) is 0.438. The molecule has 1 aromatic carbocycles. The number of anilines is 1. The van der Waals surface area contributed by atoms with E-state index >= 15 is 0 Å². The maximum atomic E-state index is 12.3. The normalized spacial score (nSPS) is 19.3. The Morgan fingerprint density at radius 2 is 2.18 bits per heavy atom. The van der Waals surface area contributed by atoms with Crippen LogP contribution in [0, 0.1) is 0 Å². The lowest BCUT2D eigenvalue weighted by atomic mass is 9.81. The van der Waals surface area contributed by atoms with Gasteiger partial charge in [0, 0.05) is 6.54 Å². The van der Waals surface area contributed by atoms with E-state index in [1.807, 2.05) is 19.1 Å². The van der Waals surface area contributed by atoms with Gasteiger partial charge in [-0.05, 0) is 25.0 Å². The Bertz CT molecular complexity index is 637. The molecule has 0 saturated carbocycles. The van der Waals surface area contributed by atoms with Gasteiger partial charge in [-0.15, -0.1) is 0 Å². The molecule has 6 heteroatoms. The molecule has 6 nitrogen and oxygen atoms in total. The van der Waals surface area contributed by atoms with Crippen molar-refractivity contribution in [3.05, 3.63) is 35.4 Å². The fourth-order valence-electron chi connectivity index (χ4n) is 2.61. The monoisotopic (exact) mass is 301 g/mol. The summed E-state index contributed by atoms with van der Waals surface area (Å²) < 4.78 is 5.25. The molecule has 0 N–H and O–H groups in total. The lowest BCUT2D eigenvalue weighted by molar-refractivity contribution is -0.120. The van der Waals surface area contributed by atoms with Crippen LogP contribution < -0.4 is 4.90 Å². The van der Waals surface area contributed by atoms with E-state index in [0.29, 0.717) is 12.3 Å². The van der Waals surface area contributed by atoms with Crippen molar-refractivity contribution >= 4 is 23.8 Å². The van der Waals surface area contributed by atoms with Crippen LogP contribution in [0.2, 0.25) is 0 Å². The minimum atomic E-state index is -0.938. The first-order valence-corrected chi connectivity index (χ1v) is 7.30. The predicted molar refractivity (Wildman–Crippen MR) is 82.1 cm³/mol. The fourth-order valence-corrected chi connectivity index (χ4v) is 2.61. The van der Waals surface area contributed by atoms with Crippen LogP contribution in [0.4, 0.5) is 10.5 Å². The topological polar surface area (TPSA) is 83.0 Å². The summed E-state index contributed by atoms with van der Waals surface area (Å²) in [5.41, 5.74) is 9.07. The highest BCUT2D eigenvalue weighted by atomic mass is 16.6. The summed E-state index contributed by atoms with van der Waals surface area (Å²) in [5, 5.41) is 0. The van der Waals surface area contributed by atoms with Crippen LogP contribution in [0.3, 0.4) is 0 Å². The minimum absolute atomic E-state index is 0.169. The number of ketones is 1. The third-order valence-corrected chi connectivity index (χ3v) is 3.93. The molecular formula is C16H19N3O3. The molecule has 1 aromatic rings. The molecule has 0 bridgehead atoms. The van der Waals surface area contributed by atoms with Crippen LogP contribution in [0.15, 0.2) is 24.3 Å². The molecule has 1 unspecified atom stereocenters. The SMILES string of the molecule is CCCCOC(=O)N1CC(C)(C(=O)C=[N+]=[N-])c2ccccc21. The van der Waals surface area contributed by atoms with Crippen LogP contribution in [-0.2, 0) is 14.9 Å². The van der Waals surface area contributed by atoms with Gasteiger partial charge in [-0.2, -0.15) is 4.79 Å². The van der Waals surface area contributed by atoms with E-state index in [1.54, 1.807) is 19.1 Å². The molecule has 0 fully saturated rings. The molecule has 2 rings (SSSR count). The molecule has 1 aliphatic rings. The lowest BCUT2D eigenvalue weighted by Gasteiger charge is -2.20. The van der Waals surface area contributed by atoms with Crippen molar-refractivity contribution in [3.8, 4) is 0 Å². The van der Waals surface area contributed by atoms with Gasteiger partial charge in [-0.3, -0.25) is 9.69 Å². The number of carbonyl (C=O) groups is 2. The smallest absolute Gasteiger partial charge is 0.414 e. The first kappa shape index (κ1) is 15.9. The number of nitrogens with zero attached hydrogens (tertiary/aromatic N) is 3. The number of ether oxygens (including phenoxy) is 1. The Labute approximate surface area is 129 Å². The van der Waals surface area contributed by atoms with Crippen molar-refractivity contribution in [2.24, 2.45) is 0 Å². The van der Waals surface area contributed by atoms with Crippen molar-refractivity contribution in [1.29, 1.82) is 0 Å². The second-order valence-corrected chi connectivity index (χ2v) is 5.51. The number of fused-ring (bicyclic) bond motifs is 1. The summed E-state index contributed by atoms with van der Waals surface area (Å²) in [5.74, 6) is -0.355. The summed E-state index contributed by atoms with van der Waals surface area (Å²) in [6, 6.07) is 7.21. The number of unbranched alkanes of at least 4 members (excludes halogenated alkanes) is 1. The average Bonchev–Trinajstić information content (AvgIpc) is 2.83. The Morgan fingerprint density at radius 3 is 2.86 bits per heavy atom. The van der Waals surface area contributed by atoms with E-state index < -0.39 is 11.5 Å². The summed E-state index contributed by atoms with van der Waals surface area (Å²) >= 11 is 0. The Kier molecular flexibility index (Phi) is 4.73. The van der Waals surface area contributed by atoms with E-state index in [9.17, 15) is 9.59 Å². The number of carbonyl (C=O) groups excluding carboxylic acids is 2. The Hall–Kier alpha value is -2.46. The van der Waals surface area contributed by atoms with Crippen molar-refractivity contribution in [1.82, 2.24) is 0 Å². The van der Waals surface area contributed by atoms with Gasteiger partial charge < -0.3 is 10.3 Å². The molecule has 1 aliphatic heterocycles. The molecule has 1 heterocycles. The summed E-state index contributed by atoms with van der Waals surface area (Å²) in [7, 11) is 0. The van der Waals surface area contributed by atoms with E-state index in [2.05, 4.69) is 4.79 Å². The van der Waals surface area contributed by atoms with Gasteiger partial charge in [0.15, 0.2) is 0 Å². The zero-order valence-corrected chi connectivity index (χ0v) is 12.8.